The van der Waals surface area contributed by atoms with E-state index < -0.39 is 10.0 Å². The molecule has 0 N–H and O–H groups in total. The van der Waals surface area contributed by atoms with Crippen molar-refractivity contribution in [2.45, 2.75) is 51.4 Å². The summed E-state index contributed by atoms with van der Waals surface area (Å²) in [6.45, 7) is 5.66. The first-order valence-corrected chi connectivity index (χ1v) is 12.0. The molecule has 0 radical (unpaired) electrons. The molecule has 0 unspecified atom stereocenters. The van der Waals surface area contributed by atoms with Gasteiger partial charge in [-0.25, -0.2) is 12.7 Å². The molecule has 1 aromatic carbocycles. The predicted molar refractivity (Wildman–Crippen MR) is 111 cm³/mol. The molecule has 29 heavy (non-hydrogen) atoms. The number of nitrogens with zero attached hydrogens (tertiary/aromatic N) is 3. The number of sulfonamides is 1. The minimum absolute atomic E-state index is 0.00771. The van der Waals surface area contributed by atoms with Gasteiger partial charge in [0.2, 0.25) is 15.9 Å². The minimum Gasteiger partial charge on any atom is -0.378 e. The highest BCUT2D eigenvalue weighted by Gasteiger charge is 2.28. The molecule has 0 amide bonds. The Morgan fingerprint density at radius 1 is 1.24 bits per heavy atom. The van der Waals surface area contributed by atoms with Crippen LogP contribution in [0, 0.1) is 5.92 Å². The summed E-state index contributed by atoms with van der Waals surface area (Å²) in [7, 11) is -3.34. The average molecular weight is 442 g/mol. The van der Waals surface area contributed by atoms with Gasteiger partial charge in [0.25, 0.3) is 0 Å². The fourth-order valence-corrected chi connectivity index (χ4v) is 4.99. The Bertz CT molecular complexity index is 875. The average Bonchev–Trinajstić information content (AvgIpc) is 3.10. The largest absolute Gasteiger partial charge is 0.378 e. The normalized spacial score (nSPS) is 16.6. The number of halogens is 1. The van der Waals surface area contributed by atoms with Crippen LogP contribution < -0.4 is 0 Å². The Balaban J connectivity index is 1.40. The molecule has 0 saturated carbocycles. The Labute approximate surface area is 177 Å². The summed E-state index contributed by atoms with van der Waals surface area (Å²) in [4.78, 5) is 4.37. The standard InChI is InChI=1S/C20H28ClN3O4S/c1-15(2)13-20-22-19(23-28-20)9-12-27-18-7-10-24(11-8-18)29(25,26)14-16-3-5-17(21)6-4-16/h3-6,15,18H,7-14H2,1-2H3. The molecule has 1 aromatic heterocycles. The molecule has 2 heterocycles. The van der Waals surface area contributed by atoms with E-state index in [9.17, 15) is 8.42 Å². The third-order valence-corrected chi connectivity index (χ3v) is 6.93. The lowest BCUT2D eigenvalue weighted by Gasteiger charge is -2.31. The van der Waals surface area contributed by atoms with Crippen molar-refractivity contribution in [1.29, 1.82) is 0 Å². The van der Waals surface area contributed by atoms with Gasteiger partial charge in [0.15, 0.2) is 5.82 Å². The van der Waals surface area contributed by atoms with Crippen molar-refractivity contribution in [2.24, 2.45) is 5.92 Å². The van der Waals surface area contributed by atoms with Gasteiger partial charge < -0.3 is 9.26 Å². The van der Waals surface area contributed by atoms with Crippen LogP contribution in [-0.2, 0) is 33.4 Å². The lowest BCUT2D eigenvalue weighted by Crippen LogP contribution is -2.41. The van der Waals surface area contributed by atoms with Crippen LogP contribution in [0.4, 0.5) is 0 Å². The topological polar surface area (TPSA) is 85.5 Å². The molecule has 2 aromatic rings. The van der Waals surface area contributed by atoms with E-state index in [1.807, 2.05) is 0 Å². The van der Waals surface area contributed by atoms with Crippen LogP contribution in [0.3, 0.4) is 0 Å². The van der Waals surface area contributed by atoms with Crippen molar-refractivity contribution in [1.82, 2.24) is 14.4 Å². The van der Waals surface area contributed by atoms with Crippen molar-refractivity contribution < 1.29 is 17.7 Å². The highest BCUT2D eigenvalue weighted by Crippen LogP contribution is 2.20. The molecule has 9 heteroatoms. The number of ether oxygens (including phenoxy) is 1. The minimum atomic E-state index is -3.34. The predicted octanol–water partition coefficient (Wildman–Crippen LogP) is 3.48. The Hall–Kier alpha value is -1.48. The second-order valence-corrected chi connectivity index (χ2v) is 10.2. The number of hydrogen-bond donors (Lipinski definition) is 0. The quantitative estimate of drug-likeness (QED) is 0.592. The summed E-state index contributed by atoms with van der Waals surface area (Å²) >= 11 is 5.86. The molecule has 3 rings (SSSR count). The van der Waals surface area contributed by atoms with E-state index in [0.717, 1.165) is 12.0 Å². The number of hydrogen-bond acceptors (Lipinski definition) is 6. The lowest BCUT2D eigenvalue weighted by molar-refractivity contribution is 0.0222. The monoisotopic (exact) mass is 441 g/mol. The summed E-state index contributed by atoms with van der Waals surface area (Å²) < 4.78 is 38.0. The van der Waals surface area contributed by atoms with Crippen LogP contribution in [0.5, 0.6) is 0 Å². The molecule has 0 aliphatic carbocycles. The van der Waals surface area contributed by atoms with Crippen LogP contribution in [0.15, 0.2) is 28.8 Å². The van der Waals surface area contributed by atoms with E-state index in [1.165, 1.54) is 0 Å². The third kappa shape index (κ3) is 6.77. The van der Waals surface area contributed by atoms with Crippen molar-refractivity contribution >= 4 is 21.6 Å². The summed E-state index contributed by atoms with van der Waals surface area (Å²) in [5.41, 5.74) is 0.740. The molecular weight excluding hydrogens is 414 g/mol. The fourth-order valence-electron chi connectivity index (χ4n) is 3.30. The van der Waals surface area contributed by atoms with E-state index in [1.54, 1.807) is 28.6 Å². The van der Waals surface area contributed by atoms with Crippen LogP contribution in [0.1, 0.15) is 44.0 Å². The Morgan fingerprint density at radius 3 is 2.59 bits per heavy atom. The second kappa shape index (κ2) is 10.0. The van der Waals surface area contributed by atoms with Gasteiger partial charge in [-0.3, -0.25) is 0 Å². The van der Waals surface area contributed by atoms with Gasteiger partial charge >= 0.3 is 0 Å². The molecule has 7 nitrogen and oxygen atoms in total. The Morgan fingerprint density at radius 2 is 1.93 bits per heavy atom. The molecule has 0 atom stereocenters. The van der Waals surface area contributed by atoms with Crippen LogP contribution in [0.25, 0.3) is 0 Å². The number of aromatic nitrogens is 2. The van der Waals surface area contributed by atoms with Gasteiger partial charge in [0, 0.05) is 31.0 Å². The van der Waals surface area contributed by atoms with Gasteiger partial charge in [-0.15, -0.1) is 0 Å². The molecule has 1 aliphatic heterocycles. The summed E-state index contributed by atoms with van der Waals surface area (Å²) in [6.07, 6.45) is 2.79. The van der Waals surface area contributed by atoms with E-state index >= 15 is 0 Å². The van der Waals surface area contributed by atoms with E-state index in [-0.39, 0.29) is 11.9 Å². The first kappa shape index (κ1) is 22.2. The highest BCUT2D eigenvalue weighted by atomic mass is 35.5. The first-order valence-electron chi connectivity index (χ1n) is 9.97. The molecule has 160 valence electrons. The summed E-state index contributed by atoms with van der Waals surface area (Å²) in [5, 5.41) is 4.58. The molecule has 0 spiro atoms. The Kier molecular flexibility index (Phi) is 7.67. The van der Waals surface area contributed by atoms with Gasteiger partial charge in [0.05, 0.1) is 18.5 Å². The van der Waals surface area contributed by atoms with E-state index in [0.29, 0.717) is 61.6 Å². The van der Waals surface area contributed by atoms with Gasteiger partial charge in [-0.2, -0.15) is 4.98 Å². The first-order chi connectivity index (χ1) is 13.8. The maximum atomic E-state index is 12.6. The molecular formula is C20H28ClN3O4S. The lowest BCUT2D eigenvalue weighted by atomic mass is 10.1. The highest BCUT2D eigenvalue weighted by molar-refractivity contribution is 7.88. The number of piperidine rings is 1. The van der Waals surface area contributed by atoms with Crippen molar-refractivity contribution in [3.05, 3.63) is 46.6 Å². The summed E-state index contributed by atoms with van der Waals surface area (Å²) in [5.74, 6) is 1.78. The van der Waals surface area contributed by atoms with E-state index in [4.69, 9.17) is 20.9 Å². The van der Waals surface area contributed by atoms with Crippen molar-refractivity contribution in [3.8, 4) is 0 Å². The SMILES string of the molecule is CC(C)Cc1nc(CCOC2CCN(S(=O)(=O)Cc3ccc(Cl)cc3)CC2)no1. The molecule has 0 bridgehead atoms. The van der Waals surface area contributed by atoms with Crippen LogP contribution in [-0.4, -0.2) is 48.7 Å². The van der Waals surface area contributed by atoms with Crippen LogP contribution in [0.2, 0.25) is 5.02 Å². The molecule has 1 aliphatic rings. The van der Waals surface area contributed by atoms with Gasteiger partial charge in [-0.05, 0) is 36.5 Å². The van der Waals surface area contributed by atoms with Gasteiger partial charge in [0.1, 0.15) is 0 Å². The zero-order valence-corrected chi connectivity index (χ0v) is 18.5. The van der Waals surface area contributed by atoms with Crippen LogP contribution >= 0.6 is 11.6 Å². The summed E-state index contributed by atoms with van der Waals surface area (Å²) in [6, 6.07) is 6.92. The van der Waals surface area contributed by atoms with Crippen molar-refractivity contribution in [2.75, 3.05) is 19.7 Å². The zero-order chi connectivity index (χ0) is 20.9. The third-order valence-electron chi connectivity index (χ3n) is 4.83. The maximum Gasteiger partial charge on any atom is 0.226 e. The second-order valence-electron chi connectivity index (χ2n) is 7.80. The number of rotatable bonds is 9. The zero-order valence-electron chi connectivity index (χ0n) is 16.9. The maximum absolute atomic E-state index is 12.6. The molecule has 1 fully saturated rings. The molecule has 1 saturated heterocycles. The smallest absolute Gasteiger partial charge is 0.226 e. The van der Waals surface area contributed by atoms with E-state index in [2.05, 4.69) is 24.0 Å². The van der Waals surface area contributed by atoms with Gasteiger partial charge in [-0.1, -0.05) is 42.7 Å². The van der Waals surface area contributed by atoms with Crippen molar-refractivity contribution in [3.63, 3.8) is 0 Å². The fraction of sp³-hybridized carbons (Fsp3) is 0.600. The number of benzene rings is 1.